The van der Waals surface area contributed by atoms with E-state index in [2.05, 4.69) is 39.8 Å². The predicted octanol–water partition coefficient (Wildman–Crippen LogP) is 6.69. The lowest BCUT2D eigenvalue weighted by Crippen LogP contribution is -2.65. The van der Waals surface area contributed by atoms with E-state index in [1.54, 1.807) is 0 Å². The molecule has 4 rings (SSSR count). The van der Waals surface area contributed by atoms with Crippen LogP contribution in [0.4, 0.5) is 0 Å². The Bertz CT molecular complexity index is 1150. The van der Waals surface area contributed by atoms with Gasteiger partial charge in [0.25, 0.3) is 0 Å². The molecule has 0 unspecified atom stereocenters. The Hall–Kier alpha value is -2.17. The molecule has 4 fully saturated rings. The van der Waals surface area contributed by atoms with E-state index in [1.807, 2.05) is 13.8 Å². The SMILES string of the molecule is COC(=O)/C(CCC=C(C)C)=C1\[C@@H](OC(C)=O)C[C@@]2(C)[C@H]1C[C@@H](O)[C@H]1[C@@]3(C)CC[C@@H](OCCC#N)[C@@H](C)[C@@H]3CC[C@@]12C. The molecule has 42 heavy (non-hydrogen) atoms. The number of hydrogen-bond acceptors (Lipinski definition) is 7. The molecular formula is C35H53NO6. The van der Waals surface area contributed by atoms with Gasteiger partial charge in [-0.15, -0.1) is 0 Å². The Morgan fingerprint density at radius 1 is 1.12 bits per heavy atom. The highest BCUT2D eigenvalue weighted by atomic mass is 16.5. The summed E-state index contributed by atoms with van der Waals surface area (Å²) in [6, 6.07) is 2.19. The van der Waals surface area contributed by atoms with Gasteiger partial charge in [-0.3, -0.25) is 4.79 Å². The first-order valence-corrected chi connectivity index (χ1v) is 16.0. The maximum absolute atomic E-state index is 13.3. The molecule has 7 nitrogen and oxygen atoms in total. The fraction of sp³-hybridized carbons (Fsp3) is 0.800. The van der Waals surface area contributed by atoms with Crippen molar-refractivity contribution in [2.24, 2.45) is 39.9 Å². The van der Waals surface area contributed by atoms with Crippen LogP contribution < -0.4 is 0 Å². The molecule has 4 saturated carbocycles. The zero-order valence-corrected chi connectivity index (χ0v) is 27.1. The van der Waals surface area contributed by atoms with Crippen LogP contribution in [0.15, 0.2) is 22.8 Å². The molecule has 0 aliphatic heterocycles. The summed E-state index contributed by atoms with van der Waals surface area (Å²) in [7, 11) is 1.41. The third-order valence-electron chi connectivity index (χ3n) is 12.3. The van der Waals surface area contributed by atoms with Gasteiger partial charge in [0.2, 0.25) is 0 Å². The second-order valence-electron chi connectivity index (χ2n) is 14.6. The molecule has 0 saturated heterocycles. The highest BCUT2D eigenvalue weighted by Gasteiger charge is 2.71. The number of fused-ring (bicyclic) bond motifs is 5. The molecule has 0 aromatic carbocycles. The molecule has 0 bridgehead atoms. The van der Waals surface area contributed by atoms with E-state index in [4.69, 9.17) is 19.5 Å². The lowest BCUT2D eigenvalue weighted by Gasteiger charge is -2.69. The Kier molecular flexibility index (Phi) is 9.70. The first-order valence-electron chi connectivity index (χ1n) is 16.0. The second-order valence-corrected chi connectivity index (χ2v) is 14.6. The molecule has 0 spiro atoms. The number of rotatable bonds is 8. The number of methoxy groups -OCH3 is 1. The summed E-state index contributed by atoms with van der Waals surface area (Å²) in [6.45, 7) is 15.4. The minimum absolute atomic E-state index is 0.0626. The number of nitriles is 1. The maximum Gasteiger partial charge on any atom is 0.333 e. The summed E-state index contributed by atoms with van der Waals surface area (Å²) < 4.78 is 17.5. The molecular weight excluding hydrogens is 530 g/mol. The molecule has 10 atom stereocenters. The van der Waals surface area contributed by atoms with E-state index in [0.717, 1.165) is 31.3 Å². The Morgan fingerprint density at radius 3 is 2.45 bits per heavy atom. The van der Waals surface area contributed by atoms with E-state index in [-0.39, 0.29) is 46.1 Å². The van der Waals surface area contributed by atoms with Crippen LogP contribution in [0, 0.1) is 51.2 Å². The van der Waals surface area contributed by atoms with Crippen molar-refractivity contribution in [2.75, 3.05) is 13.7 Å². The van der Waals surface area contributed by atoms with Gasteiger partial charge < -0.3 is 19.3 Å². The van der Waals surface area contributed by atoms with Crippen molar-refractivity contribution in [3.8, 4) is 6.07 Å². The topological polar surface area (TPSA) is 106 Å². The number of carbonyl (C=O) groups is 2. The highest BCUT2D eigenvalue weighted by Crippen LogP contribution is 2.74. The lowest BCUT2D eigenvalue weighted by molar-refractivity contribution is -0.236. The summed E-state index contributed by atoms with van der Waals surface area (Å²) in [4.78, 5) is 25.7. The molecule has 1 N–H and O–H groups in total. The average molecular weight is 584 g/mol. The van der Waals surface area contributed by atoms with E-state index in [1.165, 1.54) is 19.6 Å². The van der Waals surface area contributed by atoms with Gasteiger partial charge in [-0.2, -0.15) is 5.26 Å². The summed E-state index contributed by atoms with van der Waals surface area (Å²) >= 11 is 0. The molecule has 0 radical (unpaired) electrons. The summed E-state index contributed by atoms with van der Waals surface area (Å²) in [5.74, 6) is 0.0450. The van der Waals surface area contributed by atoms with Gasteiger partial charge in [0, 0.05) is 12.5 Å². The number of carbonyl (C=O) groups excluding carboxylic acids is 2. The van der Waals surface area contributed by atoms with Crippen molar-refractivity contribution in [1.82, 2.24) is 0 Å². The molecule has 7 heteroatoms. The number of esters is 2. The largest absolute Gasteiger partial charge is 0.466 e. The molecule has 4 aliphatic carbocycles. The Labute approximate surface area is 253 Å². The fourth-order valence-electron chi connectivity index (χ4n) is 10.4. The van der Waals surface area contributed by atoms with Gasteiger partial charge in [0.05, 0.1) is 38.4 Å². The van der Waals surface area contributed by atoms with Crippen molar-refractivity contribution in [2.45, 2.75) is 125 Å². The van der Waals surface area contributed by atoms with Gasteiger partial charge in [-0.05, 0) is 111 Å². The molecule has 234 valence electrons. The van der Waals surface area contributed by atoms with Gasteiger partial charge in [-0.25, -0.2) is 4.79 Å². The van der Waals surface area contributed by atoms with Crippen LogP contribution in [0.2, 0.25) is 0 Å². The van der Waals surface area contributed by atoms with Crippen LogP contribution in [0.25, 0.3) is 0 Å². The lowest BCUT2D eigenvalue weighted by atomic mass is 9.36. The number of aliphatic hydroxyl groups excluding tert-OH is 1. The molecule has 0 heterocycles. The molecule has 0 amide bonds. The van der Waals surface area contributed by atoms with Crippen LogP contribution in [-0.2, 0) is 23.8 Å². The average Bonchev–Trinajstić information content (AvgIpc) is 3.18. The van der Waals surface area contributed by atoms with Crippen LogP contribution in [-0.4, -0.2) is 49.1 Å². The standard InChI is InChI=1S/C35H53NO6/c1-21(2)11-9-12-24(32(39)40-8)30-26-19-27(38)31-33(5)15-14-28(41-18-10-17-36)22(3)25(33)13-16-34(31,6)35(26,7)20-29(30)42-23(4)37/h11,22,25-29,31,38H,9-10,12-16,18-20H2,1-8H3/b30-24-/t22-,25-,26-,27+,28+,29-,31-,33-,34-,35-/m0/s1. The van der Waals surface area contributed by atoms with E-state index in [9.17, 15) is 14.7 Å². The van der Waals surface area contributed by atoms with E-state index in [0.29, 0.717) is 56.1 Å². The zero-order chi connectivity index (χ0) is 31.0. The van der Waals surface area contributed by atoms with Crippen LogP contribution in [0.1, 0.15) is 106 Å². The van der Waals surface area contributed by atoms with Gasteiger partial charge in [-0.1, -0.05) is 39.3 Å². The fourth-order valence-corrected chi connectivity index (χ4v) is 10.4. The highest BCUT2D eigenvalue weighted by molar-refractivity contribution is 5.90. The van der Waals surface area contributed by atoms with Crippen molar-refractivity contribution in [3.05, 3.63) is 22.8 Å². The number of aliphatic hydroxyl groups is 1. The normalized spacial score (nSPS) is 41.9. The Balaban J connectivity index is 1.76. The summed E-state index contributed by atoms with van der Waals surface area (Å²) in [6.07, 6.45) is 7.94. The van der Waals surface area contributed by atoms with Gasteiger partial charge >= 0.3 is 11.9 Å². The smallest absolute Gasteiger partial charge is 0.333 e. The summed E-state index contributed by atoms with van der Waals surface area (Å²) in [5, 5.41) is 21.1. The van der Waals surface area contributed by atoms with Crippen LogP contribution in [0.3, 0.4) is 0 Å². The van der Waals surface area contributed by atoms with E-state index >= 15 is 0 Å². The minimum Gasteiger partial charge on any atom is -0.466 e. The molecule has 4 aliphatic rings. The summed E-state index contributed by atoms with van der Waals surface area (Å²) in [5.41, 5.74) is 2.12. The van der Waals surface area contributed by atoms with Gasteiger partial charge in [0.1, 0.15) is 6.10 Å². The third-order valence-corrected chi connectivity index (χ3v) is 12.3. The number of ether oxygens (including phenoxy) is 3. The van der Waals surface area contributed by atoms with Crippen molar-refractivity contribution in [1.29, 1.82) is 5.26 Å². The monoisotopic (exact) mass is 583 g/mol. The predicted molar refractivity (Wildman–Crippen MR) is 161 cm³/mol. The van der Waals surface area contributed by atoms with E-state index < -0.39 is 12.2 Å². The first-order chi connectivity index (χ1) is 19.7. The van der Waals surface area contributed by atoms with Crippen molar-refractivity contribution >= 4 is 11.9 Å². The number of hydrogen-bond donors (Lipinski definition) is 1. The molecule has 0 aromatic heterocycles. The Morgan fingerprint density at radius 2 is 1.83 bits per heavy atom. The minimum atomic E-state index is -0.535. The zero-order valence-electron chi connectivity index (χ0n) is 27.1. The second kappa shape index (κ2) is 12.4. The van der Waals surface area contributed by atoms with Gasteiger partial charge in [0.15, 0.2) is 0 Å². The van der Waals surface area contributed by atoms with Crippen molar-refractivity contribution < 1.29 is 28.9 Å². The van der Waals surface area contributed by atoms with Crippen LogP contribution >= 0.6 is 0 Å². The maximum atomic E-state index is 13.3. The number of allylic oxidation sites excluding steroid dienone is 2. The number of nitrogens with zero attached hydrogens (tertiary/aromatic N) is 1. The quantitative estimate of drug-likeness (QED) is 0.147. The third kappa shape index (κ3) is 5.47. The first kappa shape index (κ1) is 32.7. The van der Waals surface area contributed by atoms with Crippen LogP contribution in [0.5, 0.6) is 0 Å². The molecule has 0 aromatic rings. The van der Waals surface area contributed by atoms with Crippen molar-refractivity contribution in [3.63, 3.8) is 0 Å².